The van der Waals surface area contributed by atoms with E-state index in [2.05, 4.69) is 10.0 Å². The zero-order valence-corrected chi connectivity index (χ0v) is 7.87. The highest BCUT2D eigenvalue weighted by Crippen LogP contribution is 2.15. The van der Waals surface area contributed by atoms with Crippen LogP contribution in [0.15, 0.2) is 35.5 Å². The highest BCUT2D eigenvalue weighted by atomic mass is 16.4. The zero-order chi connectivity index (χ0) is 11.1. The molecule has 1 aromatic rings. The molecular weight excluding hydrogens is 194 g/mol. The van der Waals surface area contributed by atoms with Crippen LogP contribution in [0.2, 0.25) is 0 Å². The molecule has 0 spiro atoms. The van der Waals surface area contributed by atoms with E-state index in [1.165, 1.54) is 6.08 Å². The standard InChI is InChI=1S/C10H9N3O2/c11-13-12-9-5-1-3-8(7-9)4-2-6-10(14)15/h1-5,7H,6H2,(H,14,15). The Labute approximate surface area is 86.3 Å². The minimum Gasteiger partial charge on any atom is -0.481 e. The van der Waals surface area contributed by atoms with Crippen molar-refractivity contribution in [2.75, 3.05) is 0 Å². The van der Waals surface area contributed by atoms with Crippen molar-refractivity contribution in [3.8, 4) is 0 Å². The van der Waals surface area contributed by atoms with Crippen molar-refractivity contribution >= 4 is 17.7 Å². The summed E-state index contributed by atoms with van der Waals surface area (Å²) < 4.78 is 0. The van der Waals surface area contributed by atoms with Crippen LogP contribution in [-0.2, 0) is 4.79 Å². The molecule has 0 radical (unpaired) electrons. The van der Waals surface area contributed by atoms with E-state index in [0.717, 1.165) is 5.56 Å². The molecule has 0 fully saturated rings. The molecule has 1 rings (SSSR count). The number of hydrogen-bond acceptors (Lipinski definition) is 2. The summed E-state index contributed by atoms with van der Waals surface area (Å²) in [5.74, 6) is -0.877. The first-order chi connectivity index (χ1) is 7.22. The van der Waals surface area contributed by atoms with Crippen molar-refractivity contribution in [2.24, 2.45) is 5.11 Å². The second-order valence-corrected chi connectivity index (χ2v) is 2.78. The summed E-state index contributed by atoms with van der Waals surface area (Å²) in [6.07, 6.45) is 3.19. The molecule has 15 heavy (non-hydrogen) atoms. The summed E-state index contributed by atoms with van der Waals surface area (Å²) >= 11 is 0. The first-order valence-electron chi connectivity index (χ1n) is 4.26. The molecule has 0 heterocycles. The second kappa shape index (κ2) is 5.47. The zero-order valence-electron chi connectivity index (χ0n) is 7.87. The Morgan fingerprint density at radius 2 is 2.40 bits per heavy atom. The summed E-state index contributed by atoms with van der Waals surface area (Å²) in [5.41, 5.74) is 9.54. The first kappa shape index (κ1) is 10.8. The van der Waals surface area contributed by atoms with Gasteiger partial charge in [0.1, 0.15) is 0 Å². The largest absolute Gasteiger partial charge is 0.481 e. The number of aliphatic carboxylic acids is 1. The van der Waals surface area contributed by atoms with Crippen molar-refractivity contribution in [3.05, 3.63) is 46.3 Å². The molecule has 0 saturated carbocycles. The molecule has 0 saturated heterocycles. The number of benzene rings is 1. The monoisotopic (exact) mass is 203 g/mol. The summed E-state index contributed by atoms with van der Waals surface area (Å²) in [6.45, 7) is 0. The third kappa shape index (κ3) is 3.97. The maximum atomic E-state index is 10.2. The fourth-order valence-corrected chi connectivity index (χ4v) is 1.04. The van der Waals surface area contributed by atoms with E-state index in [0.29, 0.717) is 5.69 Å². The van der Waals surface area contributed by atoms with Crippen LogP contribution in [0.5, 0.6) is 0 Å². The van der Waals surface area contributed by atoms with Crippen molar-refractivity contribution in [2.45, 2.75) is 6.42 Å². The van der Waals surface area contributed by atoms with E-state index in [9.17, 15) is 4.79 Å². The van der Waals surface area contributed by atoms with Gasteiger partial charge in [-0.1, -0.05) is 35.5 Å². The van der Waals surface area contributed by atoms with Crippen LogP contribution in [0, 0.1) is 0 Å². The van der Waals surface area contributed by atoms with Gasteiger partial charge in [0.05, 0.1) is 6.42 Å². The van der Waals surface area contributed by atoms with E-state index in [1.54, 1.807) is 30.3 Å². The Hall–Kier alpha value is -2.26. The van der Waals surface area contributed by atoms with Gasteiger partial charge in [0.15, 0.2) is 0 Å². The third-order valence-corrected chi connectivity index (χ3v) is 1.63. The lowest BCUT2D eigenvalue weighted by atomic mass is 10.2. The van der Waals surface area contributed by atoms with E-state index in [4.69, 9.17) is 10.6 Å². The summed E-state index contributed by atoms with van der Waals surface area (Å²) in [6, 6.07) is 6.89. The van der Waals surface area contributed by atoms with Gasteiger partial charge in [-0.25, -0.2) is 0 Å². The minimum atomic E-state index is -0.877. The number of rotatable bonds is 4. The van der Waals surface area contributed by atoms with Gasteiger partial charge in [-0.2, -0.15) is 0 Å². The van der Waals surface area contributed by atoms with Gasteiger partial charge in [0.2, 0.25) is 0 Å². The van der Waals surface area contributed by atoms with Crippen molar-refractivity contribution in [1.29, 1.82) is 0 Å². The molecule has 0 aliphatic rings. The van der Waals surface area contributed by atoms with Gasteiger partial charge in [0.25, 0.3) is 0 Å². The van der Waals surface area contributed by atoms with Gasteiger partial charge in [0, 0.05) is 10.6 Å². The average molecular weight is 203 g/mol. The van der Waals surface area contributed by atoms with E-state index >= 15 is 0 Å². The maximum absolute atomic E-state index is 10.2. The summed E-state index contributed by atoms with van der Waals surface area (Å²) in [7, 11) is 0. The molecule has 1 N–H and O–H groups in total. The number of carbonyl (C=O) groups is 1. The lowest BCUT2D eigenvalue weighted by Crippen LogP contribution is -1.89. The molecule has 0 aromatic heterocycles. The number of carboxylic acid groups (broad SMARTS) is 1. The molecule has 5 nitrogen and oxygen atoms in total. The van der Waals surface area contributed by atoms with E-state index < -0.39 is 5.97 Å². The quantitative estimate of drug-likeness (QED) is 0.463. The smallest absolute Gasteiger partial charge is 0.307 e. The predicted octanol–water partition coefficient (Wildman–Crippen LogP) is 3.12. The van der Waals surface area contributed by atoms with Gasteiger partial charge in [-0.3, -0.25) is 4.79 Å². The average Bonchev–Trinajstić information content (AvgIpc) is 2.18. The lowest BCUT2D eigenvalue weighted by molar-refractivity contribution is -0.135. The fourth-order valence-electron chi connectivity index (χ4n) is 1.04. The molecule has 0 bridgehead atoms. The SMILES string of the molecule is [N-]=[N+]=Nc1cccc(C=CCC(=O)O)c1. The van der Waals surface area contributed by atoms with Crippen LogP contribution in [0.25, 0.3) is 16.5 Å². The summed E-state index contributed by atoms with van der Waals surface area (Å²) in [4.78, 5) is 12.9. The highest BCUT2D eigenvalue weighted by Gasteiger charge is 1.92. The molecule has 1 aromatic carbocycles. The van der Waals surface area contributed by atoms with Crippen LogP contribution in [0.4, 0.5) is 5.69 Å². The Morgan fingerprint density at radius 3 is 3.07 bits per heavy atom. The Balaban J connectivity index is 2.77. The van der Waals surface area contributed by atoms with E-state index in [1.807, 2.05) is 0 Å². The second-order valence-electron chi connectivity index (χ2n) is 2.78. The van der Waals surface area contributed by atoms with Crippen molar-refractivity contribution in [1.82, 2.24) is 0 Å². The first-order valence-corrected chi connectivity index (χ1v) is 4.26. The van der Waals surface area contributed by atoms with Gasteiger partial charge in [-0.15, -0.1) is 0 Å². The number of hydrogen-bond donors (Lipinski definition) is 1. The molecule has 0 unspecified atom stereocenters. The molecule has 0 atom stereocenters. The molecule has 76 valence electrons. The predicted molar refractivity (Wildman–Crippen MR) is 56.5 cm³/mol. The molecule has 5 heteroatoms. The Bertz CT molecular complexity index is 434. The number of nitrogens with zero attached hydrogens (tertiary/aromatic N) is 3. The third-order valence-electron chi connectivity index (χ3n) is 1.63. The topological polar surface area (TPSA) is 86.1 Å². The molecule has 0 aliphatic carbocycles. The van der Waals surface area contributed by atoms with Gasteiger partial charge in [-0.05, 0) is 17.2 Å². The van der Waals surface area contributed by atoms with Crippen LogP contribution in [0.1, 0.15) is 12.0 Å². The highest BCUT2D eigenvalue weighted by molar-refractivity contribution is 5.70. The Kier molecular flexibility index (Phi) is 3.94. The Morgan fingerprint density at radius 1 is 1.60 bits per heavy atom. The summed E-state index contributed by atoms with van der Waals surface area (Å²) in [5, 5.41) is 11.9. The van der Waals surface area contributed by atoms with Gasteiger partial charge >= 0.3 is 5.97 Å². The molecular formula is C10H9N3O2. The van der Waals surface area contributed by atoms with E-state index in [-0.39, 0.29) is 6.42 Å². The number of carboxylic acids is 1. The van der Waals surface area contributed by atoms with Crippen molar-refractivity contribution < 1.29 is 9.90 Å². The minimum absolute atomic E-state index is 0.0221. The maximum Gasteiger partial charge on any atom is 0.307 e. The molecule has 0 amide bonds. The van der Waals surface area contributed by atoms with Crippen LogP contribution in [-0.4, -0.2) is 11.1 Å². The lowest BCUT2D eigenvalue weighted by Gasteiger charge is -1.94. The van der Waals surface area contributed by atoms with Gasteiger partial charge < -0.3 is 5.11 Å². The van der Waals surface area contributed by atoms with Crippen molar-refractivity contribution in [3.63, 3.8) is 0 Å². The molecule has 0 aliphatic heterocycles. The van der Waals surface area contributed by atoms with Crippen LogP contribution < -0.4 is 0 Å². The number of azide groups is 1. The fraction of sp³-hybridized carbons (Fsp3) is 0.100. The normalized spacial score (nSPS) is 9.87. The van der Waals surface area contributed by atoms with Crippen LogP contribution in [0.3, 0.4) is 0 Å². The van der Waals surface area contributed by atoms with Crippen LogP contribution >= 0.6 is 0 Å².